The number of halogens is 1. The molecular weight excluding hydrogens is 278 g/mol. The first-order valence-electron chi connectivity index (χ1n) is 4.46. The van der Waals surface area contributed by atoms with Gasteiger partial charge in [0.1, 0.15) is 0 Å². The predicted molar refractivity (Wildman–Crippen MR) is 64.0 cm³/mol. The fourth-order valence-corrected chi connectivity index (χ4v) is 2.01. The third-order valence-corrected chi connectivity index (χ3v) is 3.55. The fraction of sp³-hybridized carbons (Fsp3) is 0.400. The van der Waals surface area contributed by atoms with E-state index in [4.69, 9.17) is 0 Å². The van der Waals surface area contributed by atoms with Crippen LogP contribution in [0.4, 0.5) is 0 Å². The van der Waals surface area contributed by atoms with E-state index >= 15 is 0 Å². The number of rotatable bonds is 4. The van der Waals surface area contributed by atoms with Crippen molar-refractivity contribution in [1.82, 2.24) is 4.98 Å². The molecule has 0 aromatic carbocycles. The summed E-state index contributed by atoms with van der Waals surface area (Å²) >= 11 is 4.94. The smallest absolute Gasteiger partial charge is 0.306 e. The molecule has 0 fully saturated rings. The number of pyridine rings is 1. The number of nitrogens with zero attached hydrogens (tertiary/aromatic N) is 1. The second-order valence-electron chi connectivity index (χ2n) is 2.89. The van der Waals surface area contributed by atoms with Gasteiger partial charge in [0.05, 0.1) is 24.3 Å². The number of esters is 1. The first kappa shape index (κ1) is 12.5. The first-order chi connectivity index (χ1) is 7.13. The molecule has 0 atom stereocenters. The maximum absolute atomic E-state index is 10.9. The third kappa shape index (κ3) is 4.22. The molecule has 5 heteroatoms. The number of methoxy groups -OCH3 is 1. The molecular formula is C10H12BrNO2S. The summed E-state index contributed by atoms with van der Waals surface area (Å²) in [6.07, 6.45) is 0.415. The van der Waals surface area contributed by atoms with Crippen molar-refractivity contribution in [3.05, 3.63) is 22.3 Å². The molecule has 0 saturated carbocycles. The number of hydrogen-bond donors (Lipinski definition) is 0. The van der Waals surface area contributed by atoms with Crippen LogP contribution in [0.25, 0.3) is 0 Å². The van der Waals surface area contributed by atoms with Crippen LogP contribution in [0.5, 0.6) is 0 Å². The van der Waals surface area contributed by atoms with Crippen LogP contribution in [0, 0.1) is 6.92 Å². The van der Waals surface area contributed by atoms with Crippen molar-refractivity contribution in [1.29, 1.82) is 0 Å². The van der Waals surface area contributed by atoms with E-state index in [0.717, 1.165) is 15.2 Å². The van der Waals surface area contributed by atoms with Crippen molar-refractivity contribution in [2.75, 3.05) is 12.9 Å². The van der Waals surface area contributed by atoms with Crippen molar-refractivity contribution in [3.8, 4) is 0 Å². The van der Waals surface area contributed by atoms with E-state index in [1.165, 1.54) is 7.11 Å². The van der Waals surface area contributed by atoms with Crippen molar-refractivity contribution < 1.29 is 9.53 Å². The summed E-state index contributed by atoms with van der Waals surface area (Å²) in [6.45, 7) is 1.94. The highest BCUT2D eigenvalue weighted by atomic mass is 79.9. The van der Waals surface area contributed by atoms with Crippen molar-refractivity contribution in [3.63, 3.8) is 0 Å². The Labute approximate surface area is 102 Å². The second kappa shape index (κ2) is 6.12. The van der Waals surface area contributed by atoms with Crippen LogP contribution in [0.1, 0.15) is 12.1 Å². The van der Waals surface area contributed by atoms with E-state index in [2.05, 4.69) is 25.7 Å². The molecule has 0 aliphatic carbocycles. The Kier molecular flexibility index (Phi) is 5.11. The molecule has 0 aliphatic rings. The molecule has 0 aliphatic heterocycles. The Morgan fingerprint density at radius 2 is 2.33 bits per heavy atom. The first-order valence-corrected chi connectivity index (χ1v) is 6.24. The lowest BCUT2D eigenvalue weighted by atomic mass is 10.4. The van der Waals surface area contributed by atoms with Crippen LogP contribution in [0.3, 0.4) is 0 Å². The average Bonchev–Trinajstić information content (AvgIpc) is 2.23. The molecule has 0 N–H and O–H groups in total. The quantitative estimate of drug-likeness (QED) is 0.631. The highest BCUT2D eigenvalue weighted by Gasteiger charge is 2.03. The summed E-state index contributed by atoms with van der Waals surface area (Å²) < 4.78 is 5.55. The van der Waals surface area contributed by atoms with Crippen LogP contribution < -0.4 is 0 Å². The van der Waals surface area contributed by atoms with Gasteiger partial charge in [-0.3, -0.25) is 4.79 Å². The summed E-state index contributed by atoms with van der Waals surface area (Å²) in [5.41, 5.74) is 0.957. The normalized spacial score (nSPS) is 10.1. The van der Waals surface area contributed by atoms with Crippen LogP contribution >= 0.6 is 27.7 Å². The fourth-order valence-electron chi connectivity index (χ4n) is 0.942. The van der Waals surface area contributed by atoms with Gasteiger partial charge >= 0.3 is 5.97 Å². The summed E-state index contributed by atoms with van der Waals surface area (Å²) in [5.74, 6) is 0.511. The Morgan fingerprint density at radius 1 is 1.60 bits per heavy atom. The summed E-state index contributed by atoms with van der Waals surface area (Å²) in [6, 6.07) is 3.89. The predicted octanol–water partition coefficient (Wildman–Crippen LogP) is 2.81. The molecule has 0 spiro atoms. The lowest BCUT2D eigenvalue weighted by molar-refractivity contribution is -0.140. The zero-order chi connectivity index (χ0) is 11.3. The molecule has 0 saturated heterocycles. The maximum atomic E-state index is 10.9. The molecule has 15 heavy (non-hydrogen) atoms. The van der Waals surface area contributed by atoms with Gasteiger partial charge in [-0.1, -0.05) is 0 Å². The minimum atomic E-state index is -0.184. The number of hydrogen-bond acceptors (Lipinski definition) is 4. The lowest BCUT2D eigenvalue weighted by Gasteiger charge is -2.02. The Balaban J connectivity index is 2.44. The highest BCUT2D eigenvalue weighted by molar-refractivity contribution is 9.10. The van der Waals surface area contributed by atoms with E-state index in [9.17, 15) is 4.79 Å². The number of carbonyl (C=O) groups is 1. The van der Waals surface area contributed by atoms with Gasteiger partial charge < -0.3 is 4.74 Å². The molecule has 1 aromatic rings. The molecule has 3 nitrogen and oxygen atoms in total. The summed E-state index contributed by atoms with van der Waals surface area (Å²) in [4.78, 5) is 15.2. The van der Waals surface area contributed by atoms with Gasteiger partial charge in [0.25, 0.3) is 0 Å². The molecule has 82 valence electrons. The zero-order valence-electron chi connectivity index (χ0n) is 8.62. The number of carbonyl (C=O) groups excluding carboxylic acids is 1. The minimum absolute atomic E-state index is 0.184. The van der Waals surface area contributed by atoms with Gasteiger partial charge in [-0.2, -0.15) is 0 Å². The van der Waals surface area contributed by atoms with Gasteiger partial charge in [0.15, 0.2) is 0 Å². The Morgan fingerprint density at radius 3 is 2.93 bits per heavy atom. The van der Waals surface area contributed by atoms with Gasteiger partial charge in [0, 0.05) is 10.2 Å². The van der Waals surface area contributed by atoms with E-state index in [1.54, 1.807) is 11.8 Å². The summed E-state index contributed by atoms with van der Waals surface area (Å²) in [7, 11) is 1.40. The van der Waals surface area contributed by atoms with Crippen LogP contribution in [0.2, 0.25) is 0 Å². The van der Waals surface area contributed by atoms with Gasteiger partial charge in [0.2, 0.25) is 0 Å². The number of thioether (sulfide) groups is 1. The van der Waals surface area contributed by atoms with Crippen LogP contribution in [-0.2, 0) is 9.53 Å². The van der Waals surface area contributed by atoms with Gasteiger partial charge in [-0.05, 0) is 35.0 Å². The monoisotopic (exact) mass is 289 g/mol. The minimum Gasteiger partial charge on any atom is -0.469 e. The maximum Gasteiger partial charge on any atom is 0.306 e. The topological polar surface area (TPSA) is 39.2 Å². The molecule has 1 heterocycles. The molecule has 0 unspecified atom stereocenters. The zero-order valence-corrected chi connectivity index (χ0v) is 11.0. The summed E-state index contributed by atoms with van der Waals surface area (Å²) in [5, 5.41) is 0.930. The van der Waals surface area contributed by atoms with E-state index in [-0.39, 0.29) is 5.97 Å². The van der Waals surface area contributed by atoms with Crippen LogP contribution in [-0.4, -0.2) is 23.8 Å². The van der Waals surface area contributed by atoms with Gasteiger partial charge in [-0.25, -0.2) is 4.98 Å². The lowest BCUT2D eigenvalue weighted by Crippen LogP contribution is -2.01. The number of aryl methyl sites for hydroxylation is 1. The molecule has 0 amide bonds. The van der Waals surface area contributed by atoms with Crippen molar-refractivity contribution in [2.24, 2.45) is 0 Å². The average molecular weight is 290 g/mol. The SMILES string of the molecule is COC(=O)CCSc1ccc(Br)c(C)n1. The Bertz CT molecular complexity index is 357. The molecule has 0 bridgehead atoms. The van der Waals surface area contributed by atoms with Gasteiger partial charge in [-0.15, -0.1) is 11.8 Å². The van der Waals surface area contributed by atoms with E-state index in [0.29, 0.717) is 12.2 Å². The van der Waals surface area contributed by atoms with E-state index in [1.807, 2.05) is 19.1 Å². The van der Waals surface area contributed by atoms with E-state index < -0.39 is 0 Å². The third-order valence-electron chi connectivity index (χ3n) is 1.78. The van der Waals surface area contributed by atoms with Crippen molar-refractivity contribution >= 4 is 33.7 Å². The largest absolute Gasteiger partial charge is 0.469 e. The van der Waals surface area contributed by atoms with Crippen molar-refractivity contribution in [2.45, 2.75) is 18.4 Å². The highest BCUT2D eigenvalue weighted by Crippen LogP contribution is 2.21. The number of aromatic nitrogens is 1. The second-order valence-corrected chi connectivity index (χ2v) is 4.86. The molecule has 0 radical (unpaired) electrons. The molecule has 1 rings (SSSR count). The number of ether oxygens (including phenoxy) is 1. The Hall–Kier alpha value is -0.550. The van der Waals surface area contributed by atoms with Crippen LogP contribution in [0.15, 0.2) is 21.6 Å². The molecule has 1 aromatic heterocycles. The standard InChI is InChI=1S/C10H12BrNO2S/c1-7-8(11)3-4-9(12-7)15-6-5-10(13)14-2/h3-4H,5-6H2,1-2H3.